The second kappa shape index (κ2) is 5.38. The van der Waals surface area contributed by atoms with E-state index in [1.54, 1.807) is 6.07 Å². The Hall–Kier alpha value is -1.91. The van der Waals surface area contributed by atoms with Crippen molar-refractivity contribution >= 4 is 0 Å². The van der Waals surface area contributed by atoms with Crippen LogP contribution in [0.3, 0.4) is 0 Å². The van der Waals surface area contributed by atoms with E-state index >= 15 is 0 Å². The molecular formula is C11H7F6NO. The molecule has 1 aromatic rings. The molecule has 0 aliphatic carbocycles. The highest BCUT2D eigenvalue weighted by molar-refractivity contribution is 5.29. The van der Waals surface area contributed by atoms with Crippen LogP contribution in [0.25, 0.3) is 0 Å². The first-order valence-corrected chi connectivity index (χ1v) is 4.90. The van der Waals surface area contributed by atoms with Crippen molar-refractivity contribution in [2.24, 2.45) is 0 Å². The summed E-state index contributed by atoms with van der Waals surface area (Å²) in [5, 5.41) is 8.36. The van der Waals surface area contributed by atoms with Crippen molar-refractivity contribution in [1.29, 1.82) is 5.26 Å². The maximum atomic E-state index is 12.9. The number of rotatable bonds is 4. The van der Waals surface area contributed by atoms with E-state index < -0.39 is 24.2 Å². The molecule has 0 fully saturated rings. The van der Waals surface area contributed by atoms with Gasteiger partial charge in [-0.15, -0.1) is 0 Å². The van der Waals surface area contributed by atoms with Crippen molar-refractivity contribution in [3.05, 3.63) is 29.8 Å². The van der Waals surface area contributed by atoms with E-state index in [0.29, 0.717) is 5.56 Å². The van der Waals surface area contributed by atoms with E-state index in [1.807, 2.05) is 0 Å². The molecule has 2 nitrogen and oxygen atoms in total. The minimum atomic E-state index is -5.72. The van der Waals surface area contributed by atoms with Crippen molar-refractivity contribution in [3.63, 3.8) is 0 Å². The number of ether oxygens (including phenoxy) is 1. The van der Waals surface area contributed by atoms with Gasteiger partial charge in [0.05, 0.1) is 12.5 Å². The highest BCUT2D eigenvalue weighted by Crippen LogP contribution is 2.36. The predicted octanol–water partition coefficient (Wildman–Crippen LogP) is 3.62. The molecule has 104 valence electrons. The van der Waals surface area contributed by atoms with Gasteiger partial charge in [0.2, 0.25) is 0 Å². The van der Waals surface area contributed by atoms with Gasteiger partial charge in [-0.25, -0.2) is 4.39 Å². The Morgan fingerprint density at radius 2 is 1.63 bits per heavy atom. The van der Waals surface area contributed by atoms with Gasteiger partial charge in [-0.2, -0.15) is 27.2 Å². The van der Waals surface area contributed by atoms with Gasteiger partial charge >= 0.3 is 12.3 Å². The zero-order chi connectivity index (χ0) is 14.7. The van der Waals surface area contributed by atoms with Crippen LogP contribution in [-0.4, -0.2) is 18.5 Å². The Labute approximate surface area is 104 Å². The van der Waals surface area contributed by atoms with Gasteiger partial charge in [0.1, 0.15) is 5.75 Å². The molecule has 0 heterocycles. The van der Waals surface area contributed by atoms with Gasteiger partial charge in [-0.05, 0) is 17.7 Å². The summed E-state index contributed by atoms with van der Waals surface area (Å²) in [4.78, 5) is 0. The van der Waals surface area contributed by atoms with E-state index in [2.05, 4.69) is 4.74 Å². The summed E-state index contributed by atoms with van der Waals surface area (Å²) in [5.41, 5.74) is 0.464. The average molecular weight is 283 g/mol. The number of hydrogen-bond acceptors (Lipinski definition) is 2. The Balaban J connectivity index is 2.81. The molecule has 1 aromatic carbocycles. The summed E-state index contributed by atoms with van der Waals surface area (Å²) >= 11 is 0. The normalized spacial score (nSPS) is 13.7. The third-order valence-corrected chi connectivity index (χ3v) is 2.04. The Morgan fingerprint density at radius 3 is 2.05 bits per heavy atom. The van der Waals surface area contributed by atoms with Crippen molar-refractivity contribution in [3.8, 4) is 11.8 Å². The first kappa shape index (κ1) is 15.1. The molecule has 0 saturated carbocycles. The summed E-state index contributed by atoms with van der Waals surface area (Å²) in [7, 11) is 0. The van der Waals surface area contributed by atoms with E-state index in [0.717, 1.165) is 12.1 Å². The zero-order valence-electron chi connectivity index (χ0n) is 9.22. The molecule has 0 radical (unpaired) electrons. The molecule has 1 rings (SSSR count). The van der Waals surface area contributed by atoms with Gasteiger partial charge < -0.3 is 4.74 Å². The van der Waals surface area contributed by atoms with Crippen molar-refractivity contribution < 1.29 is 31.1 Å². The third-order valence-electron chi connectivity index (χ3n) is 2.04. The lowest BCUT2D eigenvalue weighted by atomic mass is 10.2. The van der Waals surface area contributed by atoms with Crippen LogP contribution in [0.5, 0.6) is 5.75 Å². The highest BCUT2D eigenvalue weighted by Gasteiger charge is 2.59. The number of benzene rings is 1. The Kier molecular flexibility index (Phi) is 4.29. The summed E-state index contributed by atoms with van der Waals surface area (Å²) < 4.78 is 77.5. The standard InChI is InChI=1S/C11H7F6NO/c12-9(10(13,14)15)11(16,17)19-8-3-1-7(2-4-8)5-6-18/h1-4,9H,5H2. The minimum Gasteiger partial charge on any atom is -0.430 e. The van der Waals surface area contributed by atoms with Crippen LogP contribution in [0.15, 0.2) is 24.3 Å². The molecule has 0 aromatic heterocycles. The molecule has 8 heteroatoms. The lowest BCUT2D eigenvalue weighted by Crippen LogP contribution is -2.45. The molecule has 0 aliphatic rings. The fourth-order valence-corrected chi connectivity index (χ4v) is 1.17. The van der Waals surface area contributed by atoms with Gasteiger partial charge in [0.25, 0.3) is 6.17 Å². The van der Waals surface area contributed by atoms with E-state index in [-0.39, 0.29) is 6.42 Å². The molecule has 0 amide bonds. The molecule has 0 spiro atoms. The maximum Gasteiger partial charge on any atom is 0.439 e. The van der Waals surface area contributed by atoms with E-state index in [9.17, 15) is 26.3 Å². The first-order valence-electron chi connectivity index (χ1n) is 4.90. The van der Waals surface area contributed by atoms with Crippen LogP contribution in [0.1, 0.15) is 5.56 Å². The zero-order valence-corrected chi connectivity index (χ0v) is 9.22. The van der Waals surface area contributed by atoms with Crippen LogP contribution in [-0.2, 0) is 6.42 Å². The van der Waals surface area contributed by atoms with Crippen molar-refractivity contribution in [1.82, 2.24) is 0 Å². The topological polar surface area (TPSA) is 33.0 Å². The van der Waals surface area contributed by atoms with Gasteiger partial charge in [0.15, 0.2) is 0 Å². The molecule has 1 unspecified atom stereocenters. The smallest absolute Gasteiger partial charge is 0.430 e. The van der Waals surface area contributed by atoms with E-state index in [4.69, 9.17) is 5.26 Å². The number of nitriles is 1. The molecule has 0 N–H and O–H groups in total. The third kappa shape index (κ3) is 4.05. The maximum absolute atomic E-state index is 12.9. The summed E-state index contributed by atoms with van der Waals surface area (Å²) in [6.07, 6.45) is -15.1. The molecule has 0 aliphatic heterocycles. The second-order valence-corrected chi connectivity index (χ2v) is 3.55. The fraction of sp³-hybridized carbons (Fsp3) is 0.364. The van der Waals surface area contributed by atoms with Gasteiger partial charge in [0, 0.05) is 0 Å². The lowest BCUT2D eigenvalue weighted by molar-refractivity contribution is -0.304. The quantitative estimate of drug-likeness (QED) is 0.790. The summed E-state index contributed by atoms with van der Waals surface area (Å²) in [5.74, 6) is -0.626. The summed E-state index contributed by atoms with van der Waals surface area (Å²) in [6.45, 7) is 0. The van der Waals surface area contributed by atoms with Crippen LogP contribution in [0, 0.1) is 11.3 Å². The summed E-state index contributed by atoms with van der Waals surface area (Å²) in [6, 6.07) is 6.10. The molecular weight excluding hydrogens is 276 g/mol. The van der Waals surface area contributed by atoms with Crippen LogP contribution >= 0.6 is 0 Å². The van der Waals surface area contributed by atoms with E-state index in [1.165, 1.54) is 12.1 Å². The molecule has 1 atom stereocenters. The Bertz CT molecular complexity index is 462. The van der Waals surface area contributed by atoms with Crippen LogP contribution in [0.2, 0.25) is 0 Å². The predicted molar refractivity (Wildman–Crippen MR) is 52.3 cm³/mol. The molecule has 19 heavy (non-hydrogen) atoms. The van der Waals surface area contributed by atoms with Crippen molar-refractivity contribution in [2.45, 2.75) is 24.9 Å². The number of hydrogen-bond donors (Lipinski definition) is 0. The fourth-order valence-electron chi connectivity index (χ4n) is 1.17. The monoisotopic (exact) mass is 283 g/mol. The number of alkyl halides is 6. The largest absolute Gasteiger partial charge is 0.439 e. The Morgan fingerprint density at radius 1 is 1.11 bits per heavy atom. The lowest BCUT2D eigenvalue weighted by Gasteiger charge is -2.23. The average Bonchev–Trinajstić information content (AvgIpc) is 2.29. The SMILES string of the molecule is N#CCc1ccc(OC(F)(F)C(F)C(F)(F)F)cc1. The number of halogens is 6. The highest BCUT2D eigenvalue weighted by atomic mass is 19.4. The molecule has 0 bridgehead atoms. The van der Waals surface area contributed by atoms with Gasteiger partial charge in [-0.1, -0.05) is 12.1 Å². The second-order valence-electron chi connectivity index (χ2n) is 3.55. The van der Waals surface area contributed by atoms with Crippen LogP contribution in [0.4, 0.5) is 26.3 Å². The molecule has 0 saturated heterocycles. The van der Waals surface area contributed by atoms with Gasteiger partial charge in [-0.3, -0.25) is 0 Å². The first-order chi connectivity index (χ1) is 8.66. The number of nitrogens with zero attached hydrogens (tertiary/aromatic N) is 1. The van der Waals surface area contributed by atoms with Crippen LogP contribution < -0.4 is 4.74 Å². The van der Waals surface area contributed by atoms with Crippen molar-refractivity contribution in [2.75, 3.05) is 0 Å². The minimum absolute atomic E-state index is 0.00492.